The molecule has 3 N–H and O–H groups in total. The SMILES string of the molecule is Cc1ccc(N)cc1C(=O)Nc1ccc(F)nc1. The lowest BCUT2D eigenvalue weighted by atomic mass is 10.1. The quantitative estimate of drug-likeness (QED) is 0.630. The van der Waals surface area contributed by atoms with E-state index in [4.69, 9.17) is 5.73 Å². The van der Waals surface area contributed by atoms with Crippen molar-refractivity contribution in [2.24, 2.45) is 0 Å². The first-order chi connectivity index (χ1) is 8.56. The zero-order valence-corrected chi connectivity index (χ0v) is 9.77. The number of rotatable bonds is 2. The van der Waals surface area contributed by atoms with Gasteiger partial charge in [0.25, 0.3) is 5.91 Å². The average Bonchev–Trinajstić information content (AvgIpc) is 2.35. The number of carbonyl (C=O) groups excluding carboxylic acids is 1. The maximum atomic E-state index is 12.6. The Kier molecular flexibility index (Phi) is 3.23. The fourth-order valence-corrected chi connectivity index (χ4v) is 1.53. The highest BCUT2D eigenvalue weighted by atomic mass is 19.1. The number of nitrogens with one attached hydrogen (secondary N) is 1. The second kappa shape index (κ2) is 4.83. The van der Waals surface area contributed by atoms with Gasteiger partial charge in [0.2, 0.25) is 5.95 Å². The minimum Gasteiger partial charge on any atom is -0.399 e. The van der Waals surface area contributed by atoms with Crippen molar-refractivity contribution in [1.29, 1.82) is 0 Å². The zero-order chi connectivity index (χ0) is 13.1. The summed E-state index contributed by atoms with van der Waals surface area (Å²) in [5, 5.41) is 2.63. The fourth-order valence-electron chi connectivity index (χ4n) is 1.53. The number of hydrogen-bond donors (Lipinski definition) is 2. The number of aryl methyl sites for hydroxylation is 1. The minimum atomic E-state index is -0.590. The third-order valence-corrected chi connectivity index (χ3v) is 2.49. The third-order valence-electron chi connectivity index (χ3n) is 2.49. The Balaban J connectivity index is 2.21. The van der Waals surface area contributed by atoms with Crippen molar-refractivity contribution >= 4 is 17.3 Å². The van der Waals surface area contributed by atoms with Crippen molar-refractivity contribution in [3.63, 3.8) is 0 Å². The molecule has 0 atom stereocenters. The number of nitrogens with zero attached hydrogens (tertiary/aromatic N) is 1. The molecule has 2 rings (SSSR count). The molecule has 2 aromatic rings. The van der Waals surface area contributed by atoms with Crippen molar-refractivity contribution in [2.75, 3.05) is 11.1 Å². The van der Waals surface area contributed by atoms with Crippen LogP contribution >= 0.6 is 0 Å². The van der Waals surface area contributed by atoms with E-state index in [0.717, 1.165) is 5.56 Å². The Morgan fingerprint density at radius 1 is 1.33 bits per heavy atom. The second-order valence-electron chi connectivity index (χ2n) is 3.90. The summed E-state index contributed by atoms with van der Waals surface area (Å²) in [7, 11) is 0. The zero-order valence-electron chi connectivity index (χ0n) is 9.77. The third kappa shape index (κ3) is 2.63. The van der Waals surface area contributed by atoms with Crippen LogP contribution in [-0.4, -0.2) is 10.9 Å². The first kappa shape index (κ1) is 12.0. The molecule has 1 amide bonds. The number of benzene rings is 1. The van der Waals surface area contributed by atoms with Crippen LogP contribution in [0.3, 0.4) is 0 Å². The Bertz CT molecular complexity index is 581. The molecule has 92 valence electrons. The fraction of sp³-hybridized carbons (Fsp3) is 0.0769. The van der Waals surface area contributed by atoms with Gasteiger partial charge in [0.1, 0.15) is 0 Å². The molecule has 0 saturated carbocycles. The van der Waals surface area contributed by atoms with E-state index < -0.39 is 5.95 Å². The van der Waals surface area contributed by atoms with E-state index in [-0.39, 0.29) is 5.91 Å². The monoisotopic (exact) mass is 245 g/mol. The predicted octanol–water partition coefficient (Wildman–Crippen LogP) is 2.36. The Morgan fingerprint density at radius 3 is 2.78 bits per heavy atom. The van der Waals surface area contributed by atoms with Crippen molar-refractivity contribution in [1.82, 2.24) is 4.98 Å². The second-order valence-corrected chi connectivity index (χ2v) is 3.90. The van der Waals surface area contributed by atoms with E-state index >= 15 is 0 Å². The highest BCUT2D eigenvalue weighted by Crippen LogP contribution is 2.15. The van der Waals surface area contributed by atoms with Crippen LogP contribution in [0.25, 0.3) is 0 Å². The molecule has 4 nitrogen and oxygen atoms in total. The maximum absolute atomic E-state index is 12.6. The van der Waals surface area contributed by atoms with Crippen LogP contribution in [0.4, 0.5) is 15.8 Å². The summed E-state index contributed by atoms with van der Waals surface area (Å²) in [5.74, 6) is -0.888. The summed E-state index contributed by atoms with van der Waals surface area (Å²) in [6, 6.07) is 7.73. The molecule has 0 aliphatic rings. The van der Waals surface area contributed by atoms with E-state index in [9.17, 15) is 9.18 Å². The van der Waals surface area contributed by atoms with Crippen LogP contribution in [0.5, 0.6) is 0 Å². The summed E-state index contributed by atoms with van der Waals surface area (Å²) in [5.41, 5.74) is 7.89. The highest BCUT2D eigenvalue weighted by Gasteiger charge is 2.09. The molecule has 18 heavy (non-hydrogen) atoms. The van der Waals surface area contributed by atoms with E-state index in [1.54, 1.807) is 18.2 Å². The van der Waals surface area contributed by atoms with Gasteiger partial charge in [-0.25, -0.2) is 4.98 Å². The Morgan fingerprint density at radius 2 is 2.11 bits per heavy atom. The lowest BCUT2D eigenvalue weighted by molar-refractivity contribution is 0.102. The molecule has 0 aliphatic carbocycles. The van der Waals surface area contributed by atoms with Gasteiger partial charge >= 0.3 is 0 Å². The number of pyridine rings is 1. The summed E-state index contributed by atoms with van der Waals surface area (Å²) in [6.07, 6.45) is 1.26. The van der Waals surface area contributed by atoms with Crippen LogP contribution in [0.1, 0.15) is 15.9 Å². The molecular formula is C13H12FN3O. The molecule has 0 spiro atoms. The number of nitrogens with two attached hydrogens (primary N) is 1. The molecule has 0 radical (unpaired) electrons. The van der Waals surface area contributed by atoms with Gasteiger partial charge in [-0.05, 0) is 36.8 Å². The van der Waals surface area contributed by atoms with Crippen LogP contribution in [0, 0.1) is 12.9 Å². The normalized spacial score (nSPS) is 10.1. The number of anilines is 2. The predicted molar refractivity (Wildman–Crippen MR) is 67.7 cm³/mol. The molecule has 0 saturated heterocycles. The van der Waals surface area contributed by atoms with Crippen molar-refractivity contribution < 1.29 is 9.18 Å². The molecule has 0 bridgehead atoms. The van der Waals surface area contributed by atoms with Crippen LogP contribution in [-0.2, 0) is 0 Å². The maximum Gasteiger partial charge on any atom is 0.256 e. The molecule has 0 unspecified atom stereocenters. The van der Waals surface area contributed by atoms with E-state index in [2.05, 4.69) is 10.3 Å². The molecule has 1 heterocycles. The molecule has 0 aliphatic heterocycles. The largest absolute Gasteiger partial charge is 0.399 e. The van der Waals surface area contributed by atoms with Crippen molar-refractivity contribution in [2.45, 2.75) is 6.92 Å². The van der Waals surface area contributed by atoms with E-state index in [0.29, 0.717) is 16.9 Å². The van der Waals surface area contributed by atoms with Gasteiger partial charge < -0.3 is 11.1 Å². The van der Waals surface area contributed by atoms with Gasteiger partial charge in [-0.15, -0.1) is 0 Å². The van der Waals surface area contributed by atoms with Gasteiger partial charge in [0.15, 0.2) is 0 Å². The van der Waals surface area contributed by atoms with Crippen molar-refractivity contribution in [3.8, 4) is 0 Å². The highest BCUT2D eigenvalue weighted by molar-refractivity contribution is 6.05. The first-order valence-corrected chi connectivity index (χ1v) is 5.35. The summed E-state index contributed by atoms with van der Waals surface area (Å²) < 4.78 is 12.6. The van der Waals surface area contributed by atoms with Crippen LogP contribution in [0.15, 0.2) is 36.5 Å². The molecule has 1 aromatic heterocycles. The summed E-state index contributed by atoms with van der Waals surface area (Å²) in [4.78, 5) is 15.4. The Hall–Kier alpha value is -2.43. The number of carbonyl (C=O) groups is 1. The first-order valence-electron chi connectivity index (χ1n) is 5.35. The minimum absolute atomic E-state index is 0.298. The lowest BCUT2D eigenvalue weighted by Crippen LogP contribution is -2.14. The van der Waals surface area contributed by atoms with Crippen molar-refractivity contribution in [3.05, 3.63) is 53.6 Å². The standard InChI is InChI=1S/C13H12FN3O/c1-8-2-3-9(15)6-11(8)13(18)17-10-4-5-12(14)16-7-10/h2-7H,15H2,1H3,(H,17,18). The lowest BCUT2D eigenvalue weighted by Gasteiger charge is -2.08. The van der Waals surface area contributed by atoms with Gasteiger partial charge in [0, 0.05) is 11.3 Å². The van der Waals surface area contributed by atoms with Gasteiger partial charge in [0.05, 0.1) is 11.9 Å². The van der Waals surface area contributed by atoms with E-state index in [1.165, 1.54) is 18.3 Å². The molecule has 0 fully saturated rings. The topological polar surface area (TPSA) is 68.0 Å². The Labute approximate surface area is 104 Å². The number of nitrogen functional groups attached to an aromatic ring is 1. The van der Waals surface area contributed by atoms with Crippen LogP contribution in [0.2, 0.25) is 0 Å². The summed E-state index contributed by atoms with van der Waals surface area (Å²) >= 11 is 0. The average molecular weight is 245 g/mol. The van der Waals surface area contributed by atoms with Gasteiger partial charge in [-0.1, -0.05) is 6.07 Å². The van der Waals surface area contributed by atoms with Crippen LogP contribution < -0.4 is 11.1 Å². The number of halogens is 1. The smallest absolute Gasteiger partial charge is 0.256 e. The van der Waals surface area contributed by atoms with Gasteiger partial charge in [-0.2, -0.15) is 4.39 Å². The number of hydrogen-bond acceptors (Lipinski definition) is 3. The van der Waals surface area contributed by atoms with E-state index in [1.807, 2.05) is 6.92 Å². The summed E-state index contributed by atoms with van der Waals surface area (Å²) in [6.45, 7) is 1.82. The van der Waals surface area contributed by atoms with Gasteiger partial charge in [-0.3, -0.25) is 4.79 Å². The molecular weight excluding hydrogens is 233 g/mol. The number of aromatic nitrogens is 1. The number of amides is 1. The molecule has 1 aromatic carbocycles. The molecule has 5 heteroatoms.